The van der Waals surface area contributed by atoms with Crippen molar-refractivity contribution < 1.29 is 14.6 Å². The van der Waals surface area contributed by atoms with Crippen LogP contribution in [0.25, 0.3) is 0 Å². The second-order valence-electron chi connectivity index (χ2n) is 6.56. The molecule has 2 atom stereocenters. The molecular formula is C19H22ClN3O3. The number of nitrogens with one attached hydrogen (secondary N) is 1. The highest BCUT2D eigenvalue weighted by atomic mass is 35.5. The van der Waals surface area contributed by atoms with E-state index < -0.39 is 12.1 Å². The summed E-state index contributed by atoms with van der Waals surface area (Å²) in [5.41, 5.74) is 3.63. The molecule has 0 aliphatic carbocycles. The molecular weight excluding hydrogens is 354 g/mol. The molecule has 0 unspecified atom stereocenters. The van der Waals surface area contributed by atoms with Crippen LogP contribution < -0.4 is 5.32 Å². The molecule has 2 aromatic heterocycles. The first kappa shape index (κ1) is 18.8. The molecule has 2 aromatic rings. The molecule has 0 aromatic carbocycles. The number of carbonyl (C=O) groups is 1. The summed E-state index contributed by atoms with van der Waals surface area (Å²) >= 11 is 6.39. The molecule has 0 bridgehead atoms. The Morgan fingerprint density at radius 1 is 1.42 bits per heavy atom. The quantitative estimate of drug-likeness (QED) is 0.856. The minimum absolute atomic E-state index is 0.278. The zero-order valence-electron chi connectivity index (χ0n) is 14.8. The Bertz CT molecular complexity index is 795. The van der Waals surface area contributed by atoms with Crippen molar-refractivity contribution in [3.8, 4) is 0 Å². The summed E-state index contributed by atoms with van der Waals surface area (Å²) in [5.74, 6) is -0.345. The Morgan fingerprint density at radius 2 is 2.23 bits per heavy atom. The van der Waals surface area contributed by atoms with Gasteiger partial charge in [0.25, 0.3) is 5.91 Å². The van der Waals surface area contributed by atoms with Gasteiger partial charge in [0.2, 0.25) is 0 Å². The standard InChI is InChI=1S/C19H22ClN3O3/c1-11-3-4-13(9-21-11)7-14-8-15(22-12(2)18(14)20)19(25)23-16-10-26-6-5-17(16)24/h3-4,8-9,16-17,24H,5-7,10H2,1-2H3,(H,23,25)/t16-,17-/m0/s1. The van der Waals surface area contributed by atoms with E-state index in [9.17, 15) is 9.90 Å². The van der Waals surface area contributed by atoms with Crippen molar-refractivity contribution in [1.82, 2.24) is 15.3 Å². The number of nitrogens with zero attached hydrogens (tertiary/aromatic N) is 2. The van der Waals surface area contributed by atoms with Crippen LogP contribution in [0.15, 0.2) is 24.4 Å². The second kappa shape index (κ2) is 8.12. The number of carbonyl (C=O) groups excluding carboxylic acids is 1. The normalized spacial score (nSPS) is 20.0. The van der Waals surface area contributed by atoms with Gasteiger partial charge in [-0.05, 0) is 43.5 Å². The van der Waals surface area contributed by atoms with Crippen molar-refractivity contribution in [3.63, 3.8) is 0 Å². The van der Waals surface area contributed by atoms with Gasteiger partial charge in [0, 0.05) is 24.9 Å². The number of hydrogen-bond acceptors (Lipinski definition) is 5. The van der Waals surface area contributed by atoms with E-state index in [1.807, 2.05) is 19.1 Å². The lowest BCUT2D eigenvalue weighted by molar-refractivity contribution is -0.0140. The number of aliphatic hydroxyl groups is 1. The van der Waals surface area contributed by atoms with Crippen molar-refractivity contribution >= 4 is 17.5 Å². The number of halogens is 1. The van der Waals surface area contributed by atoms with E-state index in [1.54, 1.807) is 19.2 Å². The Balaban J connectivity index is 1.80. The van der Waals surface area contributed by atoms with Gasteiger partial charge < -0.3 is 15.2 Å². The maximum absolute atomic E-state index is 12.6. The fraction of sp³-hybridized carbons (Fsp3) is 0.421. The molecule has 2 N–H and O–H groups in total. The van der Waals surface area contributed by atoms with E-state index in [2.05, 4.69) is 15.3 Å². The molecule has 1 aliphatic rings. The van der Waals surface area contributed by atoms with Gasteiger partial charge in [-0.2, -0.15) is 0 Å². The summed E-state index contributed by atoms with van der Waals surface area (Å²) in [7, 11) is 0. The molecule has 3 heterocycles. The Labute approximate surface area is 157 Å². The fourth-order valence-corrected chi connectivity index (χ4v) is 3.06. The van der Waals surface area contributed by atoms with Crippen molar-refractivity contribution in [3.05, 3.63) is 57.6 Å². The lowest BCUT2D eigenvalue weighted by Gasteiger charge is -2.28. The Kier molecular flexibility index (Phi) is 5.86. The maximum Gasteiger partial charge on any atom is 0.270 e. The zero-order valence-corrected chi connectivity index (χ0v) is 15.6. The largest absolute Gasteiger partial charge is 0.391 e. The van der Waals surface area contributed by atoms with Crippen LogP contribution in [-0.4, -0.2) is 46.3 Å². The first-order valence-corrected chi connectivity index (χ1v) is 8.96. The van der Waals surface area contributed by atoms with E-state index in [1.165, 1.54) is 0 Å². The topological polar surface area (TPSA) is 84.3 Å². The van der Waals surface area contributed by atoms with Crippen molar-refractivity contribution in [1.29, 1.82) is 0 Å². The number of rotatable bonds is 4. The van der Waals surface area contributed by atoms with Gasteiger partial charge in [-0.25, -0.2) is 4.98 Å². The van der Waals surface area contributed by atoms with Crippen molar-refractivity contribution in [2.75, 3.05) is 13.2 Å². The van der Waals surface area contributed by atoms with Crippen LogP contribution in [0, 0.1) is 13.8 Å². The van der Waals surface area contributed by atoms with Gasteiger partial charge in [-0.1, -0.05) is 17.7 Å². The highest BCUT2D eigenvalue weighted by molar-refractivity contribution is 6.32. The summed E-state index contributed by atoms with van der Waals surface area (Å²) in [6, 6.07) is 5.19. The summed E-state index contributed by atoms with van der Waals surface area (Å²) < 4.78 is 5.32. The van der Waals surface area contributed by atoms with Gasteiger partial charge >= 0.3 is 0 Å². The minimum Gasteiger partial charge on any atom is -0.391 e. The van der Waals surface area contributed by atoms with Crippen molar-refractivity contribution in [2.24, 2.45) is 0 Å². The number of aliphatic hydroxyl groups excluding tert-OH is 1. The first-order valence-electron chi connectivity index (χ1n) is 8.58. The monoisotopic (exact) mass is 375 g/mol. The van der Waals surface area contributed by atoms with E-state index in [0.717, 1.165) is 16.8 Å². The predicted molar refractivity (Wildman–Crippen MR) is 98.5 cm³/mol. The number of pyridine rings is 2. The lowest BCUT2D eigenvalue weighted by atomic mass is 10.0. The minimum atomic E-state index is -0.612. The van der Waals surface area contributed by atoms with Gasteiger partial charge in [-0.15, -0.1) is 0 Å². The molecule has 26 heavy (non-hydrogen) atoms. The molecule has 0 spiro atoms. The highest BCUT2D eigenvalue weighted by Crippen LogP contribution is 2.23. The summed E-state index contributed by atoms with van der Waals surface area (Å²) in [6.07, 6.45) is 2.25. The molecule has 1 aliphatic heterocycles. The number of hydrogen-bond donors (Lipinski definition) is 2. The third kappa shape index (κ3) is 4.38. The molecule has 1 saturated heterocycles. The second-order valence-corrected chi connectivity index (χ2v) is 6.94. The average molecular weight is 376 g/mol. The van der Waals surface area contributed by atoms with E-state index in [4.69, 9.17) is 16.3 Å². The molecule has 1 fully saturated rings. The van der Waals surface area contributed by atoms with Gasteiger partial charge in [0.05, 0.1) is 29.5 Å². The maximum atomic E-state index is 12.6. The van der Waals surface area contributed by atoms with Crippen LogP contribution in [0.3, 0.4) is 0 Å². The van der Waals surface area contributed by atoms with Crippen LogP contribution in [0.4, 0.5) is 0 Å². The number of amides is 1. The van der Waals surface area contributed by atoms with Gasteiger partial charge in [-0.3, -0.25) is 9.78 Å². The molecule has 0 radical (unpaired) electrons. The van der Waals surface area contributed by atoms with Crippen LogP contribution in [-0.2, 0) is 11.2 Å². The molecule has 0 saturated carbocycles. The van der Waals surface area contributed by atoms with E-state index in [0.29, 0.717) is 36.8 Å². The van der Waals surface area contributed by atoms with Crippen LogP contribution in [0.1, 0.15) is 39.4 Å². The summed E-state index contributed by atoms with van der Waals surface area (Å²) in [4.78, 5) is 21.2. The highest BCUT2D eigenvalue weighted by Gasteiger charge is 2.26. The molecule has 138 valence electrons. The molecule has 3 rings (SSSR count). The van der Waals surface area contributed by atoms with Crippen LogP contribution in [0.2, 0.25) is 5.02 Å². The smallest absolute Gasteiger partial charge is 0.270 e. The SMILES string of the molecule is Cc1ccc(Cc2cc(C(=O)N[C@H]3COCC[C@@H]3O)nc(C)c2Cl)cn1. The molecule has 7 heteroatoms. The zero-order chi connectivity index (χ0) is 18.7. The molecule has 6 nitrogen and oxygen atoms in total. The Hall–Kier alpha value is -2.02. The third-order valence-corrected chi connectivity index (χ3v) is 4.95. The van der Waals surface area contributed by atoms with Crippen molar-refractivity contribution in [2.45, 2.75) is 38.8 Å². The summed E-state index contributed by atoms with van der Waals surface area (Å²) in [5, 5.41) is 13.3. The van der Waals surface area contributed by atoms with Crippen LogP contribution >= 0.6 is 11.6 Å². The third-order valence-electron chi connectivity index (χ3n) is 4.43. The Morgan fingerprint density at radius 3 is 2.92 bits per heavy atom. The number of aromatic nitrogens is 2. The number of aryl methyl sites for hydroxylation is 2. The summed E-state index contributed by atoms with van der Waals surface area (Å²) in [6.45, 7) is 4.50. The van der Waals surface area contributed by atoms with E-state index in [-0.39, 0.29) is 11.6 Å². The molecule has 1 amide bonds. The fourth-order valence-electron chi connectivity index (χ4n) is 2.90. The van der Waals surface area contributed by atoms with E-state index >= 15 is 0 Å². The van der Waals surface area contributed by atoms with Gasteiger partial charge in [0.15, 0.2) is 0 Å². The average Bonchev–Trinajstić information content (AvgIpc) is 2.62. The van der Waals surface area contributed by atoms with Crippen LogP contribution in [0.5, 0.6) is 0 Å². The lowest BCUT2D eigenvalue weighted by Crippen LogP contribution is -2.49. The predicted octanol–water partition coefficient (Wildman–Crippen LogP) is 2.22. The number of ether oxygens (including phenoxy) is 1. The van der Waals surface area contributed by atoms with Gasteiger partial charge in [0.1, 0.15) is 5.69 Å². The first-order chi connectivity index (χ1) is 12.4.